The number of rotatable bonds is 7. The molecule has 0 radical (unpaired) electrons. The largest absolute Gasteiger partial charge is 0.484 e. The number of carbonyl (C=O) groups excluding carboxylic acids is 1. The lowest BCUT2D eigenvalue weighted by molar-refractivity contribution is -0.122. The first kappa shape index (κ1) is 19.0. The molecule has 0 spiro atoms. The van der Waals surface area contributed by atoms with Crippen molar-refractivity contribution in [2.45, 2.75) is 11.8 Å². The van der Waals surface area contributed by atoms with Crippen molar-refractivity contribution in [2.24, 2.45) is 0 Å². The molecule has 2 rings (SSSR count). The minimum Gasteiger partial charge on any atom is -0.484 e. The summed E-state index contributed by atoms with van der Waals surface area (Å²) in [6, 6.07) is 9.67. The number of hydrogen-bond acceptors (Lipinski definition) is 4. The van der Waals surface area contributed by atoms with Crippen molar-refractivity contribution in [3.8, 4) is 5.75 Å². The first-order valence-corrected chi connectivity index (χ1v) is 9.16. The zero-order valence-corrected chi connectivity index (χ0v) is 14.8. The minimum atomic E-state index is -4.17. The molecule has 6 nitrogen and oxygen atoms in total. The number of likely N-dealkylation sites (N-methyl/N-ethyl adjacent to an activating group) is 1. The zero-order valence-electron chi connectivity index (χ0n) is 13.3. The molecule has 0 saturated heterocycles. The van der Waals surface area contributed by atoms with E-state index in [1.54, 1.807) is 19.1 Å². The standard InChI is InChI=1S/C16H16ClFN2O4S/c1-2-19-15(21)10-24-12-6-3-5-11(9-12)20-25(22,23)14-8-4-7-13(17)16(14)18/h3-9,20H,2,10H2,1H3,(H,19,21). The number of sulfonamides is 1. The maximum absolute atomic E-state index is 13.9. The highest BCUT2D eigenvalue weighted by Gasteiger charge is 2.21. The molecular formula is C16H16ClFN2O4S. The number of hydrogen-bond donors (Lipinski definition) is 2. The Balaban J connectivity index is 2.16. The van der Waals surface area contributed by atoms with Crippen LogP contribution in [0.3, 0.4) is 0 Å². The predicted octanol–water partition coefficient (Wildman–Crippen LogP) is 2.79. The Morgan fingerprint density at radius 3 is 2.68 bits per heavy atom. The summed E-state index contributed by atoms with van der Waals surface area (Å²) in [4.78, 5) is 10.8. The monoisotopic (exact) mass is 386 g/mol. The summed E-state index contributed by atoms with van der Waals surface area (Å²) in [7, 11) is -4.17. The molecule has 2 aromatic carbocycles. The summed E-state index contributed by atoms with van der Waals surface area (Å²) < 4.78 is 46.1. The van der Waals surface area contributed by atoms with Gasteiger partial charge in [-0.15, -0.1) is 0 Å². The van der Waals surface area contributed by atoms with Crippen molar-refractivity contribution in [2.75, 3.05) is 17.9 Å². The maximum Gasteiger partial charge on any atom is 0.264 e. The second-order valence-corrected chi connectivity index (χ2v) is 6.99. The number of halogens is 2. The number of nitrogens with one attached hydrogen (secondary N) is 2. The third-order valence-electron chi connectivity index (χ3n) is 3.04. The molecule has 2 aromatic rings. The van der Waals surface area contributed by atoms with Crippen molar-refractivity contribution in [3.63, 3.8) is 0 Å². The van der Waals surface area contributed by atoms with Crippen molar-refractivity contribution >= 4 is 33.2 Å². The van der Waals surface area contributed by atoms with Gasteiger partial charge in [-0.3, -0.25) is 9.52 Å². The third-order valence-corrected chi connectivity index (χ3v) is 4.73. The lowest BCUT2D eigenvalue weighted by Gasteiger charge is -2.11. The molecular weight excluding hydrogens is 371 g/mol. The fourth-order valence-electron chi connectivity index (χ4n) is 1.95. The first-order valence-electron chi connectivity index (χ1n) is 7.30. The van der Waals surface area contributed by atoms with E-state index in [1.807, 2.05) is 0 Å². The van der Waals surface area contributed by atoms with Crippen LogP contribution in [-0.4, -0.2) is 27.5 Å². The number of amides is 1. The van der Waals surface area contributed by atoms with Gasteiger partial charge in [0.15, 0.2) is 12.4 Å². The molecule has 0 aromatic heterocycles. The van der Waals surface area contributed by atoms with Gasteiger partial charge in [0.2, 0.25) is 0 Å². The third kappa shape index (κ3) is 5.07. The molecule has 25 heavy (non-hydrogen) atoms. The molecule has 1 amide bonds. The van der Waals surface area contributed by atoms with Gasteiger partial charge in [0.25, 0.3) is 15.9 Å². The van der Waals surface area contributed by atoms with Crippen LogP contribution in [0.2, 0.25) is 5.02 Å². The van der Waals surface area contributed by atoms with E-state index < -0.39 is 20.7 Å². The van der Waals surface area contributed by atoms with Crippen LogP contribution in [0, 0.1) is 5.82 Å². The number of anilines is 1. The van der Waals surface area contributed by atoms with E-state index in [4.69, 9.17) is 16.3 Å². The van der Waals surface area contributed by atoms with E-state index in [0.717, 1.165) is 6.07 Å². The molecule has 9 heteroatoms. The lowest BCUT2D eigenvalue weighted by atomic mass is 10.3. The number of ether oxygens (including phenoxy) is 1. The van der Waals surface area contributed by atoms with Crippen LogP contribution >= 0.6 is 11.6 Å². The minimum absolute atomic E-state index is 0.160. The average molecular weight is 387 g/mol. The second-order valence-electron chi connectivity index (χ2n) is 4.93. The Morgan fingerprint density at radius 2 is 1.96 bits per heavy atom. The lowest BCUT2D eigenvalue weighted by Crippen LogP contribution is -2.28. The molecule has 0 fully saturated rings. The summed E-state index contributed by atoms with van der Waals surface area (Å²) in [5.41, 5.74) is 0.160. The molecule has 0 aliphatic rings. The van der Waals surface area contributed by atoms with E-state index in [-0.39, 0.29) is 29.0 Å². The summed E-state index contributed by atoms with van der Waals surface area (Å²) in [5, 5.41) is 2.28. The first-order chi connectivity index (χ1) is 11.8. The van der Waals surface area contributed by atoms with Gasteiger partial charge in [0.1, 0.15) is 10.6 Å². The second kappa shape index (κ2) is 8.17. The highest BCUT2D eigenvalue weighted by Crippen LogP contribution is 2.25. The molecule has 134 valence electrons. The Kier molecular flexibility index (Phi) is 6.22. The highest BCUT2D eigenvalue weighted by molar-refractivity contribution is 7.92. The maximum atomic E-state index is 13.9. The Morgan fingerprint density at radius 1 is 1.24 bits per heavy atom. The SMILES string of the molecule is CCNC(=O)COc1cccc(NS(=O)(=O)c2cccc(Cl)c2F)c1. The number of benzene rings is 2. The summed E-state index contributed by atoms with van der Waals surface area (Å²) >= 11 is 5.62. The molecule has 0 unspecified atom stereocenters. The van der Waals surface area contributed by atoms with E-state index in [9.17, 15) is 17.6 Å². The molecule has 0 aliphatic heterocycles. The van der Waals surface area contributed by atoms with Crippen LogP contribution in [0.25, 0.3) is 0 Å². The van der Waals surface area contributed by atoms with Crippen LogP contribution in [0.15, 0.2) is 47.4 Å². The van der Waals surface area contributed by atoms with Crippen LogP contribution < -0.4 is 14.8 Å². The van der Waals surface area contributed by atoms with Gasteiger partial charge in [0.05, 0.1) is 10.7 Å². The van der Waals surface area contributed by atoms with Gasteiger partial charge >= 0.3 is 0 Å². The molecule has 0 bridgehead atoms. The Hall–Kier alpha value is -2.32. The van der Waals surface area contributed by atoms with Crippen LogP contribution in [0.5, 0.6) is 5.75 Å². The predicted molar refractivity (Wildman–Crippen MR) is 92.8 cm³/mol. The summed E-state index contributed by atoms with van der Waals surface area (Å²) in [6.45, 7) is 2.06. The van der Waals surface area contributed by atoms with Crippen LogP contribution in [0.4, 0.5) is 10.1 Å². The molecule has 0 atom stereocenters. The normalized spacial score (nSPS) is 11.0. The Bertz CT molecular complexity index is 874. The topological polar surface area (TPSA) is 84.5 Å². The highest BCUT2D eigenvalue weighted by atomic mass is 35.5. The van der Waals surface area contributed by atoms with Gasteiger partial charge in [-0.25, -0.2) is 12.8 Å². The van der Waals surface area contributed by atoms with E-state index in [2.05, 4.69) is 10.0 Å². The van der Waals surface area contributed by atoms with Crippen molar-refractivity contribution < 1.29 is 22.3 Å². The van der Waals surface area contributed by atoms with Crippen molar-refractivity contribution in [3.05, 3.63) is 53.3 Å². The molecule has 0 heterocycles. The van der Waals surface area contributed by atoms with E-state index in [0.29, 0.717) is 6.54 Å². The average Bonchev–Trinajstić information content (AvgIpc) is 2.55. The quantitative estimate of drug-likeness (QED) is 0.766. The van der Waals surface area contributed by atoms with E-state index >= 15 is 0 Å². The van der Waals surface area contributed by atoms with Gasteiger partial charge in [-0.1, -0.05) is 23.7 Å². The number of carbonyl (C=O) groups is 1. The van der Waals surface area contributed by atoms with Crippen LogP contribution in [-0.2, 0) is 14.8 Å². The Labute approximate surface area is 150 Å². The van der Waals surface area contributed by atoms with Crippen molar-refractivity contribution in [1.82, 2.24) is 5.32 Å². The van der Waals surface area contributed by atoms with Gasteiger partial charge in [-0.05, 0) is 31.2 Å². The van der Waals surface area contributed by atoms with Crippen molar-refractivity contribution in [1.29, 1.82) is 0 Å². The summed E-state index contributed by atoms with van der Waals surface area (Å²) in [5.74, 6) is -1.03. The molecule has 2 N–H and O–H groups in total. The fraction of sp³-hybridized carbons (Fsp3) is 0.188. The fourth-order valence-corrected chi connectivity index (χ4v) is 3.33. The molecule has 0 saturated carbocycles. The van der Waals surface area contributed by atoms with Gasteiger partial charge < -0.3 is 10.1 Å². The molecule has 0 aliphatic carbocycles. The summed E-state index contributed by atoms with van der Waals surface area (Å²) in [6.07, 6.45) is 0. The van der Waals surface area contributed by atoms with Crippen LogP contribution in [0.1, 0.15) is 6.92 Å². The smallest absolute Gasteiger partial charge is 0.264 e. The van der Waals surface area contributed by atoms with Gasteiger partial charge in [-0.2, -0.15) is 0 Å². The zero-order chi connectivity index (χ0) is 18.4. The van der Waals surface area contributed by atoms with E-state index in [1.165, 1.54) is 24.3 Å². The van der Waals surface area contributed by atoms with Gasteiger partial charge in [0, 0.05) is 12.6 Å².